The van der Waals surface area contributed by atoms with Gasteiger partial charge in [-0.25, -0.2) is 0 Å². The quantitative estimate of drug-likeness (QED) is 0.841. The first kappa shape index (κ1) is 15.1. The topological polar surface area (TPSA) is 42.8 Å². The van der Waals surface area contributed by atoms with Crippen LogP contribution in [0.4, 0.5) is 5.69 Å². The summed E-state index contributed by atoms with van der Waals surface area (Å²) in [5, 5.41) is 2.90. The lowest BCUT2D eigenvalue weighted by atomic mass is 10.2. The largest absolute Gasteiger partial charge is 0.497 e. The molecule has 0 fully saturated rings. The number of ether oxygens (including phenoxy) is 1. The molecule has 1 amide bonds. The van der Waals surface area contributed by atoms with Crippen molar-refractivity contribution < 1.29 is 14.4 Å². The molecular weight excluding hydrogens is 264 g/mol. The smallest absolute Gasteiger partial charge is 0.279 e. The summed E-state index contributed by atoms with van der Waals surface area (Å²) in [5.41, 5.74) is 1.98. The minimum absolute atomic E-state index is 0.0154. The maximum atomic E-state index is 12.0. The lowest BCUT2D eigenvalue weighted by Gasteiger charge is -2.14. The van der Waals surface area contributed by atoms with Crippen LogP contribution in [0.3, 0.4) is 0 Å². The van der Waals surface area contributed by atoms with Gasteiger partial charge in [0.1, 0.15) is 12.3 Å². The molecule has 0 aliphatic carbocycles. The van der Waals surface area contributed by atoms with E-state index in [1.54, 1.807) is 7.11 Å². The van der Waals surface area contributed by atoms with Crippen LogP contribution in [-0.2, 0) is 11.3 Å². The number of carbonyl (C=O) groups is 1. The van der Waals surface area contributed by atoms with Gasteiger partial charge in [-0.2, -0.15) is 0 Å². The van der Waals surface area contributed by atoms with Crippen LogP contribution in [0, 0.1) is 0 Å². The van der Waals surface area contributed by atoms with Crippen molar-refractivity contribution >= 4 is 11.6 Å². The van der Waals surface area contributed by atoms with Crippen molar-refractivity contribution in [3.05, 3.63) is 60.2 Å². The number of amides is 1. The molecule has 110 valence electrons. The van der Waals surface area contributed by atoms with Gasteiger partial charge in [0.05, 0.1) is 14.2 Å². The van der Waals surface area contributed by atoms with Gasteiger partial charge < -0.3 is 15.0 Å². The van der Waals surface area contributed by atoms with Crippen molar-refractivity contribution in [1.82, 2.24) is 0 Å². The molecule has 0 saturated heterocycles. The predicted molar refractivity (Wildman–Crippen MR) is 83.5 cm³/mol. The highest BCUT2D eigenvalue weighted by Gasteiger charge is 2.11. The fraction of sp³-hybridized carbons (Fsp3) is 0.235. The van der Waals surface area contributed by atoms with Gasteiger partial charge >= 0.3 is 0 Å². The van der Waals surface area contributed by atoms with Gasteiger partial charge in [0.2, 0.25) is 0 Å². The average Bonchev–Trinajstić information content (AvgIpc) is 2.48. The first-order chi connectivity index (χ1) is 10.2. The Morgan fingerprint density at radius 3 is 2.62 bits per heavy atom. The summed E-state index contributed by atoms with van der Waals surface area (Å²) >= 11 is 0. The van der Waals surface area contributed by atoms with E-state index in [1.165, 1.54) is 0 Å². The second-order valence-corrected chi connectivity index (χ2v) is 5.08. The summed E-state index contributed by atoms with van der Waals surface area (Å²) in [6, 6.07) is 17.4. The Labute approximate surface area is 125 Å². The van der Waals surface area contributed by atoms with Gasteiger partial charge in [-0.3, -0.25) is 4.79 Å². The van der Waals surface area contributed by atoms with Gasteiger partial charge in [-0.15, -0.1) is 0 Å². The van der Waals surface area contributed by atoms with Crippen LogP contribution < -0.4 is 15.0 Å². The maximum Gasteiger partial charge on any atom is 0.279 e. The molecule has 1 atom stereocenters. The van der Waals surface area contributed by atoms with Crippen LogP contribution in [0.2, 0.25) is 0 Å². The number of hydrogen-bond acceptors (Lipinski definition) is 2. The standard InChI is InChI=1S/C17H20N2O2/c1-19(12-14-7-6-10-16(11-14)21-2)13-17(20)18-15-8-4-3-5-9-15/h3-11H,12-13H2,1-2H3,(H,18,20)/p+1. The van der Waals surface area contributed by atoms with Crippen molar-refractivity contribution in [2.24, 2.45) is 0 Å². The number of anilines is 1. The molecule has 2 aromatic carbocycles. The molecule has 0 radical (unpaired) electrons. The third kappa shape index (κ3) is 4.93. The van der Waals surface area contributed by atoms with Crippen molar-refractivity contribution in [2.45, 2.75) is 6.54 Å². The minimum atomic E-state index is 0.0154. The lowest BCUT2D eigenvalue weighted by Crippen LogP contribution is -3.08. The molecule has 2 rings (SSSR count). The highest BCUT2D eigenvalue weighted by atomic mass is 16.5. The molecular formula is C17H21N2O2+. The van der Waals surface area contributed by atoms with Crippen LogP contribution in [0.25, 0.3) is 0 Å². The summed E-state index contributed by atoms with van der Waals surface area (Å²) in [6.07, 6.45) is 0. The van der Waals surface area contributed by atoms with Crippen LogP contribution in [-0.4, -0.2) is 26.6 Å². The van der Waals surface area contributed by atoms with E-state index < -0.39 is 0 Å². The number of para-hydroxylation sites is 1. The molecule has 4 nitrogen and oxygen atoms in total. The Hall–Kier alpha value is -2.33. The number of hydrogen-bond donors (Lipinski definition) is 2. The lowest BCUT2D eigenvalue weighted by molar-refractivity contribution is -0.885. The SMILES string of the molecule is COc1cccc(C[NH+](C)CC(=O)Nc2ccccc2)c1. The Balaban J connectivity index is 1.86. The van der Waals surface area contributed by atoms with Crippen LogP contribution in [0.15, 0.2) is 54.6 Å². The first-order valence-corrected chi connectivity index (χ1v) is 6.96. The van der Waals surface area contributed by atoms with Crippen molar-refractivity contribution in [2.75, 3.05) is 26.0 Å². The fourth-order valence-electron chi connectivity index (χ4n) is 2.19. The zero-order valence-electron chi connectivity index (χ0n) is 12.4. The highest BCUT2D eigenvalue weighted by Crippen LogP contribution is 2.11. The summed E-state index contributed by atoms with van der Waals surface area (Å²) in [7, 11) is 3.66. The van der Waals surface area contributed by atoms with Gasteiger partial charge in [0.15, 0.2) is 6.54 Å². The number of benzene rings is 2. The monoisotopic (exact) mass is 285 g/mol. The van der Waals surface area contributed by atoms with Gasteiger partial charge in [-0.1, -0.05) is 30.3 Å². The number of likely N-dealkylation sites (N-methyl/N-ethyl adjacent to an activating group) is 1. The Kier molecular flexibility index (Phi) is 5.35. The molecule has 0 aliphatic heterocycles. The molecule has 0 heterocycles. The predicted octanol–water partition coefficient (Wildman–Crippen LogP) is 1.35. The number of rotatable bonds is 6. The molecule has 0 aromatic heterocycles. The molecule has 0 bridgehead atoms. The van der Waals surface area contributed by atoms with E-state index >= 15 is 0 Å². The summed E-state index contributed by atoms with van der Waals surface area (Å²) in [5.74, 6) is 0.857. The van der Waals surface area contributed by atoms with Crippen LogP contribution in [0.5, 0.6) is 5.75 Å². The maximum absolute atomic E-state index is 12.0. The molecule has 2 N–H and O–H groups in total. The van der Waals surface area contributed by atoms with E-state index in [9.17, 15) is 4.79 Å². The van der Waals surface area contributed by atoms with E-state index in [0.29, 0.717) is 6.54 Å². The third-order valence-corrected chi connectivity index (χ3v) is 3.16. The third-order valence-electron chi connectivity index (χ3n) is 3.16. The normalized spacial score (nSPS) is 11.7. The van der Waals surface area contributed by atoms with Crippen LogP contribution >= 0.6 is 0 Å². The van der Waals surface area contributed by atoms with E-state index in [2.05, 4.69) is 5.32 Å². The molecule has 21 heavy (non-hydrogen) atoms. The molecule has 0 saturated carbocycles. The Morgan fingerprint density at radius 1 is 1.14 bits per heavy atom. The first-order valence-electron chi connectivity index (χ1n) is 6.96. The molecule has 0 spiro atoms. The Morgan fingerprint density at radius 2 is 1.90 bits per heavy atom. The molecule has 4 heteroatoms. The van der Waals surface area contributed by atoms with Crippen molar-refractivity contribution in [1.29, 1.82) is 0 Å². The molecule has 2 aromatic rings. The van der Waals surface area contributed by atoms with Gasteiger partial charge in [0.25, 0.3) is 5.91 Å². The van der Waals surface area contributed by atoms with E-state index in [4.69, 9.17) is 4.74 Å². The summed E-state index contributed by atoms with van der Waals surface area (Å²) in [4.78, 5) is 13.1. The minimum Gasteiger partial charge on any atom is -0.497 e. The van der Waals surface area contributed by atoms with E-state index in [1.807, 2.05) is 61.6 Å². The van der Waals surface area contributed by atoms with Gasteiger partial charge in [0, 0.05) is 11.3 Å². The summed E-state index contributed by atoms with van der Waals surface area (Å²) < 4.78 is 5.21. The summed E-state index contributed by atoms with van der Waals surface area (Å²) in [6.45, 7) is 1.20. The van der Waals surface area contributed by atoms with Crippen molar-refractivity contribution in [3.63, 3.8) is 0 Å². The number of carbonyl (C=O) groups excluding carboxylic acids is 1. The number of quaternary nitrogens is 1. The van der Waals surface area contributed by atoms with Crippen LogP contribution in [0.1, 0.15) is 5.56 Å². The second kappa shape index (κ2) is 7.45. The average molecular weight is 285 g/mol. The second-order valence-electron chi connectivity index (χ2n) is 5.08. The molecule has 1 unspecified atom stereocenters. The zero-order valence-corrected chi connectivity index (χ0v) is 12.4. The Bertz CT molecular complexity index is 584. The zero-order chi connectivity index (χ0) is 15.1. The number of methoxy groups -OCH3 is 1. The fourth-order valence-corrected chi connectivity index (χ4v) is 2.19. The highest BCUT2D eigenvalue weighted by molar-refractivity contribution is 5.91. The number of nitrogens with one attached hydrogen (secondary N) is 2. The van der Waals surface area contributed by atoms with E-state index in [0.717, 1.165) is 28.4 Å². The molecule has 0 aliphatic rings. The van der Waals surface area contributed by atoms with E-state index in [-0.39, 0.29) is 5.91 Å². The van der Waals surface area contributed by atoms with Crippen molar-refractivity contribution in [3.8, 4) is 5.75 Å². The van der Waals surface area contributed by atoms with Gasteiger partial charge in [-0.05, 0) is 24.3 Å².